The summed E-state index contributed by atoms with van der Waals surface area (Å²) >= 11 is 6.85. The van der Waals surface area contributed by atoms with Crippen molar-refractivity contribution < 1.29 is 9.53 Å². The molecule has 0 unspecified atom stereocenters. The predicted molar refractivity (Wildman–Crippen MR) is 84.5 cm³/mol. The predicted octanol–water partition coefficient (Wildman–Crippen LogP) is 2.37. The van der Waals surface area contributed by atoms with Gasteiger partial charge in [-0.15, -0.1) is 11.8 Å². The molecule has 0 bridgehead atoms. The molecule has 0 fully saturated rings. The van der Waals surface area contributed by atoms with Gasteiger partial charge in [-0.2, -0.15) is 0 Å². The van der Waals surface area contributed by atoms with Gasteiger partial charge in [0.05, 0.1) is 18.7 Å². The number of rotatable bonds is 3. The number of thioether (sulfide) groups is 1. The molecule has 2 N–H and O–H groups in total. The molecule has 1 aliphatic rings. The van der Waals surface area contributed by atoms with Gasteiger partial charge < -0.3 is 15.4 Å². The molecule has 1 aromatic rings. The van der Waals surface area contributed by atoms with Crippen LogP contribution in [0.25, 0.3) is 0 Å². The minimum atomic E-state index is -0.357. The number of methoxy groups -OCH3 is 1. The Bertz CT molecular complexity index is 567. The number of carbonyl (C=O) groups is 1. The van der Waals surface area contributed by atoms with Crippen LogP contribution in [0.5, 0.6) is 0 Å². The van der Waals surface area contributed by atoms with Gasteiger partial charge in [0.25, 0.3) is 0 Å². The molecule has 20 heavy (non-hydrogen) atoms. The Labute approximate surface area is 128 Å². The van der Waals surface area contributed by atoms with E-state index in [-0.39, 0.29) is 12.0 Å². The van der Waals surface area contributed by atoms with E-state index in [4.69, 9.17) is 17.0 Å². The number of esters is 1. The van der Waals surface area contributed by atoms with Crippen molar-refractivity contribution in [2.75, 3.05) is 13.4 Å². The summed E-state index contributed by atoms with van der Waals surface area (Å²) in [7, 11) is 1.38. The number of allylic oxidation sites excluding steroid dienone is 1. The van der Waals surface area contributed by atoms with Crippen molar-refractivity contribution >= 4 is 35.1 Å². The first-order valence-corrected chi connectivity index (χ1v) is 7.70. The van der Waals surface area contributed by atoms with Crippen molar-refractivity contribution in [3.05, 3.63) is 41.1 Å². The third-order valence-electron chi connectivity index (χ3n) is 3.12. The summed E-state index contributed by atoms with van der Waals surface area (Å²) in [6, 6.07) is 7.75. The lowest BCUT2D eigenvalue weighted by Crippen LogP contribution is -2.45. The van der Waals surface area contributed by atoms with Crippen LogP contribution in [0.2, 0.25) is 0 Å². The number of hydrogen-bond donors (Lipinski definition) is 2. The molecule has 0 saturated carbocycles. The Hall–Kier alpha value is -1.53. The zero-order valence-electron chi connectivity index (χ0n) is 11.5. The molecule has 1 aliphatic heterocycles. The molecule has 2 rings (SSSR count). The highest BCUT2D eigenvalue weighted by Crippen LogP contribution is 2.28. The van der Waals surface area contributed by atoms with Gasteiger partial charge >= 0.3 is 5.97 Å². The molecule has 4 nitrogen and oxygen atoms in total. The van der Waals surface area contributed by atoms with E-state index in [0.717, 1.165) is 11.3 Å². The van der Waals surface area contributed by atoms with Crippen molar-refractivity contribution in [3.8, 4) is 0 Å². The first kappa shape index (κ1) is 14.9. The van der Waals surface area contributed by atoms with Gasteiger partial charge in [0, 0.05) is 10.6 Å². The van der Waals surface area contributed by atoms with Crippen molar-refractivity contribution in [2.24, 2.45) is 0 Å². The lowest BCUT2D eigenvalue weighted by molar-refractivity contribution is -0.136. The summed E-state index contributed by atoms with van der Waals surface area (Å²) in [6.07, 6.45) is 2.02. The Morgan fingerprint density at radius 1 is 1.35 bits per heavy atom. The average molecular weight is 308 g/mol. The van der Waals surface area contributed by atoms with E-state index in [1.807, 2.05) is 37.4 Å². The van der Waals surface area contributed by atoms with E-state index < -0.39 is 0 Å². The molecule has 0 radical (unpaired) electrons. The zero-order chi connectivity index (χ0) is 14.7. The van der Waals surface area contributed by atoms with Gasteiger partial charge in [0.2, 0.25) is 0 Å². The molecule has 1 aromatic carbocycles. The van der Waals surface area contributed by atoms with Crippen LogP contribution in [-0.4, -0.2) is 24.4 Å². The van der Waals surface area contributed by atoms with Crippen LogP contribution in [0.15, 0.2) is 40.4 Å². The summed E-state index contributed by atoms with van der Waals surface area (Å²) in [5, 5.41) is 6.59. The number of thiocarbonyl (C=S) groups is 1. The number of benzene rings is 1. The van der Waals surface area contributed by atoms with E-state index in [1.54, 1.807) is 11.8 Å². The Morgan fingerprint density at radius 3 is 2.55 bits per heavy atom. The van der Waals surface area contributed by atoms with Gasteiger partial charge in [-0.3, -0.25) is 0 Å². The Morgan fingerprint density at radius 2 is 2.00 bits per heavy atom. The fourth-order valence-corrected chi connectivity index (χ4v) is 2.80. The maximum absolute atomic E-state index is 12.0. The van der Waals surface area contributed by atoms with Crippen molar-refractivity contribution in [2.45, 2.75) is 17.9 Å². The molecule has 6 heteroatoms. The molecular weight excluding hydrogens is 292 g/mol. The maximum atomic E-state index is 12.0. The van der Waals surface area contributed by atoms with Crippen molar-refractivity contribution in [1.29, 1.82) is 0 Å². The highest BCUT2D eigenvalue weighted by molar-refractivity contribution is 7.98. The second kappa shape index (κ2) is 6.28. The Kier molecular flexibility index (Phi) is 4.67. The van der Waals surface area contributed by atoms with E-state index in [2.05, 4.69) is 10.6 Å². The lowest BCUT2D eigenvalue weighted by Gasteiger charge is -2.29. The summed E-state index contributed by atoms with van der Waals surface area (Å²) in [6.45, 7) is 1.82. The quantitative estimate of drug-likeness (QED) is 0.508. The molecule has 0 saturated heterocycles. The molecule has 1 heterocycles. The Balaban J connectivity index is 2.42. The smallest absolute Gasteiger partial charge is 0.337 e. The van der Waals surface area contributed by atoms with Crippen LogP contribution in [0.4, 0.5) is 0 Å². The fourth-order valence-electron chi connectivity index (χ4n) is 2.12. The summed E-state index contributed by atoms with van der Waals surface area (Å²) in [5.41, 5.74) is 2.25. The lowest BCUT2D eigenvalue weighted by atomic mass is 9.96. The second-order valence-electron chi connectivity index (χ2n) is 4.33. The third-order valence-corrected chi connectivity index (χ3v) is 4.09. The first-order chi connectivity index (χ1) is 9.56. The van der Waals surface area contributed by atoms with Gasteiger partial charge in [-0.1, -0.05) is 12.1 Å². The van der Waals surface area contributed by atoms with Gasteiger partial charge in [-0.25, -0.2) is 4.79 Å². The number of ether oxygens (including phenoxy) is 1. The summed E-state index contributed by atoms with van der Waals surface area (Å²) in [4.78, 5) is 13.2. The average Bonchev–Trinajstić information content (AvgIpc) is 2.46. The van der Waals surface area contributed by atoms with Crippen molar-refractivity contribution in [3.63, 3.8) is 0 Å². The monoisotopic (exact) mass is 308 g/mol. The van der Waals surface area contributed by atoms with Crippen molar-refractivity contribution in [1.82, 2.24) is 10.6 Å². The minimum Gasteiger partial charge on any atom is -0.466 e. The van der Waals surface area contributed by atoms with E-state index in [0.29, 0.717) is 10.7 Å². The zero-order valence-corrected chi connectivity index (χ0v) is 13.2. The van der Waals surface area contributed by atoms with Crippen LogP contribution in [0.1, 0.15) is 18.5 Å². The molecule has 106 valence electrons. The molecule has 0 amide bonds. The molecular formula is C14H16N2O2S2. The van der Waals surface area contributed by atoms with Crippen LogP contribution in [-0.2, 0) is 9.53 Å². The van der Waals surface area contributed by atoms with Gasteiger partial charge in [0.1, 0.15) is 0 Å². The minimum absolute atomic E-state index is 0.285. The number of hydrogen-bond acceptors (Lipinski definition) is 4. The topological polar surface area (TPSA) is 50.4 Å². The molecule has 0 aliphatic carbocycles. The number of nitrogens with one attached hydrogen (secondary N) is 2. The molecule has 0 spiro atoms. The highest BCUT2D eigenvalue weighted by atomic mass is 32.2. The van der Waals surface area contributed by atoms with Crippen LogP contribution >= 0.6 is 24.0 Å². The second-order valence-corrected chi connectivity index (χ2v) is 5.62. The van der Waals surface area contributed by atoms with Crippen LogP contribution in [0.3, 0.4) is 0 Å². The van der Waals surface area contributed by atoms with E-state index in [9.17, 15) is 4.79 Å². The first-order valence-electron chi connectivity index (χ1n) is 6.07. The largest absolute Gasteiger partial charge is 0.466 e. The molecule has 0 aromatic heterocycles. The summed E-state index contributed by atoms with van der Waals surface area (Å²) < 4.78 is 4.87. The SMILES string of the molecule is COC(=O)C1=C(C)NC(=S)N[C@@H]1c1ccc(SC)cc1. The standard InChI is InChI=1S/C14H16N2O2S2/c1-8-11(13(17)18-2)12(16-14(19)15-8)9-4-6-10(20-3)7-5-9/h4-7,12H,1-3H3,(H2,15,16,19)/t12-/m1/s1. The summed E-state index contributed by atoms with van der Waals surface area (Å²) in [5.74, 6) is -0.357. The number of carbonyl (C=O) groups excluding carboxylic acids is 1. The van der Waals surface area contributed by atoms with Crippen LogP contribution < -0.4 is 10.6 Å². The van der Waals surface area contributed by atoms with Gasteiger partial charge in [-0.05, 0) is 43.1 Å². The third kappa shape index (κ3) is 2.96. The molecule has 1 atom stereocenters. The van der Waals surface area contributed by atoms with E-state index in [1.165, 1.54) is 12.0 Å². The maximum Gasteiger partial charge on any atom is 0.337 e. The highest BCUT2D eigenvalue weighted by Gasteiger charge is 2.30. The van der Waals surface area contributed by atoms with Gasteiger partial charge in [0.15, 0.2) is 5.11 Å². The van der Waals surface area contributed by atoms with Crippen LogP contribution in [0, 0.1) is 0 Å². The normalized spacial score (nSPS) is 18.4. The van der Waals surface area contributed by atoms with E-state index >= 15 is 0 Å². The fraction of sp³-hybridized carbons (Fsp3) is 0.286.